The average molecular weight is 351 g/mol. The smallest absolute Gasteiger partial charge is 0.211 e. The van der Waals surface area contributed by atoms with Crippen LogP contribution < -0.4 is 0 Å². The summed E-state index contributed by atoms with van der Waals surface area (Å²) in [6, 6.07) is 10.7. The van der Waals surface area contributed by atoms with Gasteiger partial charge in [-0.15, -0.1) is 0 Å². The topological polar surface area (TPSA) is 0 Å². The van der Waals surface area contributed by atoms with Crippen molar-refractivity contribution in [2.24, 2.45) is 22.7 Å². The Balaban J connectivity index is 2.05. The molecule has 2 fully saturated rings. The highest BCUT2D eigenvalue weighted by Gasteiger charge is 2.57. The van der Waals surface area contributed by atoms with Crippen molar-refractivity contribution in [1.82, 2.24) is 0 Å². The fourth-order valence-corrected chi connectivity index (χ4v) is 5.97. The molecule has 0 nitrogen and oxygen atoms in total. The number of hydrogen-bond donors (Lipinski definition) is 0. The molecule has 0 spiro atoms. The normalized spacial score (nSPS) is 42.1. The molecule has 5 unspecified atom stereocenters. The summed E-state index contributed by atoms with van der Waals surface area (Å²) in [6.07, 6.45) is 1.76. The van der Waals surface area contributed by atoms with E-state index in [2.05, 4.69) is 45.0 Å². The molecular formula is C21H28F2S. The van der Waals surface area contributed by atoms with Gasteiger partial charge in [0, 0.05) is 6.42 Å². The van der Waals surface area contributed by atoms with Crippen molar-refractivity contribution in [3.63, 3.8) is 0 Å². The quantitative estimate of drug-likeness (QED) is 0.564. The number of rotatable bonds is 4. The number of alkyl halides is 2. The van der Waals surface area contributed by atoms with Crippen LogP contribution >= 0.6 is 12.2 Å². The molecule has 1 aromatic rings. The van der Waals surface area contributed by atoms with Gasteiger partial charge in [0.05, 0.1) is 0 Å². The maximum absolute atomic E-state index is 13.3. The Morgan fingerprint density at radius 2 is 1.83 bits per heavy atom. The van der Waals surface area contributed by atoms with Gasteiger partial charge in [-0.05, 0) is 64.7 Å². The Morgan fingerprint density at radius 1 is 1.17 bits per heavy atom. The van der Waals surface area contributed by atoms with Crippen LogP contribution in [0.2, 0.25) is 0 Å². The third-order valence-electron chi connectivity index (χ3n) is 7.11. The maximum atomic E-state index is 13.3. The molecule has 5 atom stereocenters. The molecule has 0 heterocycles. The highest BCUT2D eigenvalue weighted by atomic mass is 32.1. The second kappa shape index (κ2) is 6.16. The summed E-state index contributed by atoms with van der Waals surface area (Å²) in [5.41, 5.74) is 1.10. The van der Waals surface area contributed by atoms with Crippen molar-refractivity contribution < 1.29 is 8.78 Å². The minimum absolute atomic E-state index is 0.0111. The fourth-order valence-electron chi connectivity index (χ4n) is 5.79. The van der Waals surface area contributed by atoms with E-state index in [4.69, 9.17) is 12.2 Å². The van der Waals surface area contributed by atoms with Gasteiger partial charge in [-0.1, -0.05) is 63.3 Å². The van der Waals surface area contributed by atoms with Crippen LogP contribution in [0, 0.1) is 22.7 Å². The van der Waals surface area contributed by atoms with Crippen molar-refractivity contribution >= 4 is 17.6 Å². The standard InChI is InChI=1S/C21H28F2S/c1-15-9-21(16-7-5-4-6-8-16)11-17(10-19(2,13-21)14-24)20(15,3)12-18(22)23/h4-8,14-15,17-18H,9-13H2,1-3H3. The molecule has 3 heteroatoms. The molecule has 2 saturated carbocycles. The van der Waals surface area contributed by atoms with Gasteiger partial charge in [0.25, 0.3) is 0 Å². The summed E-state index contributed by atoms with van der Waals surface area (Å²) in [7, 11) is 0. The number of thiocarbonyl (C=S) groups is 1. The number of halogens is 2. The summed E-state index contributed by atoms with van der Waals surface area (Å²) in [4.78, 5) is 0. The molecule has 2 aliphatic rings. The lowest BCUT2D eigenvalue weighted by Gasteiger charge is -2.61. The Bertz CT molecular complexity index is 597. The Morgan fingerprint density at radius 3 is 2.42 bits per heavy atom. The molecule has 0 amide bonds. The molecule has 1 aromatic carbocycles. The average Bonchev–Trinajstić information content (AvgIpc) is 2.53. The van der Waals surface area contributed by atoms with E-state index in [1.54, 1.807) is 0 Å². The van der Waals surface area contributed by atoms with Crippen LogP contribution in [0.25, 0.3) is 0 Å². The predicted molar refractivity (Wildman–Crippen MR) is 99.7 cm³/mol. The van der Waals surface area contributed by atoms with E-state index in [-0.39, 0.29) is 22.7 Å². The summed E-state index contributed by atoms with van der Waals surface area (Å²) < 4.78 is 26.7. The van der Waals surface area contributed by atoms with Gasteiger partial charge in [0.2, 0.25) is 6.43 Å². The Labute approximate surface area is 150 Å². The number of fused-ring (bicyclic) bond motifs is 2. The molecule has 3 rings (SSSR count). The molecule has 2 bridgehead atoms. The maximum Gasteiger partial charge on any atom is 0.239 e. The van der Waals surface area contributed by atoms with Crippen molar-refractivity contribution in [2.75, 3.05) is 0 Å². The van der Waals surface area contributed by atoms with E-state index >= 15 is 0 Å². The van der Waals surface area contributed by atoms with E-state index < -0.39 is 6.43 Å². The van der Waals surface area contributed by atoms with E-state index in [9.17, 15) is 8.78 Å². The molecule has 0 N–H and O–H groups in total. The fraction of sp³-hybridized carbons (Fsp3) is 0.667. The lowest BCUT2D eigenvalue weighted by molar-refractivity contribution is -0.0845. The first-order valence-electron chi connectivity index (χ1n) is 9.03. The van der Waals surface area contributed by atoms with E-state index in [1.807, 2.05) is 11.4 Å². The summed E-state index contributed by atoms with van der Waals surface area (Å²) in [5, 5.41) is 1.91. The summed E-state index contributed by atoms with van der Waals surface area (Å²) in [5.74, 6) is 0.591. The third kappa shape index (κ3) is 2.94. The highest BCUT2D eigenvalue weighted by molar-refractivity contribution is 7.79. The van der Waals surface area contributed by atoms with Crippen LogP contribution in [-0.4, -0.2) is 11.8 Å². The van der Waals surface area contributed by atoms with Gasteiger partial charge >= 0.3 is 0 Å². The lowest BCUT2D eigenvalue weighted by Crippen LogP contribution is -2.55. The minimum Gasteiger partial charge on any atom is -0.211 e. The molecule has 132 valence electrons. The largest absolute Gasteiger partial charge is 0.239 e. The van der Waals surface area contributed by atoms with Gasteiger partial charge in [0.15, 0.2) is 0 Å². The van der Waals surface area contributed by atoms with Gasteiger partial charge in [-0.3, -0.25) is 0 Å². The zero-order valence-corrected chi connectivity index (χ0v) is 15.7. The van der Waals surface area contributed by atoms with Gasteiger partial charge in [-0.2, -0.15) is 0 Å². The van der Waals surface area contributed by atoms with Gasteiger partial charge in [-0.25, -0.2) is 8.78 Å². The highest BCUT2D eigenvalue weighted by Crippen LogP contribution is 2.64. The van der Waals surface area contributed by atoms with Crippen molar-refractivity contribution in [3.05, 3.63) is 35.9 Å². The van der Waals surface area contributed by atoms with E-state index in [0.29, 0.717) is 11.8 Å². The van der Waals surface area contributed by atoms with Crippen molar-refractivity contribution in [3.8, 4) is 0 Å². The predicted octanol–water partition coefficient (Wildman–Crippen LogP) is 6.43. The second-order valence-corrected chi connectivity index (χ2v) is 9.14. The first kappa shape index (κ1) is 18.0. The second-order valence-electron chi connectivity index (χ2n) is 8.91. The van der Waals surface area contributed by atoms with Crippen molar-refractivity contribution in [2.45, 2.75) is 64.7 Å². The molecule has 0 aliphatic heterocycles. The van der Waals surface area contributed by atoms with Crippen LogP contribution in [-0.2, 0) is 5.41 Å². The monoisotopic (exact) mass is 350 g/mol. The third-order valence-corrected chi connectivity index (χ3v) is 7.68. The minimum atomic E-state index is -2.23. The molecule has 0 saturated heterocycles. The van der Waals surface area contributed by atoms with Crippen LogP contribution in [0.15, 0.2) is 30.3 Å². The molecule has 0 aromatic heterocycles. The van der Waals surface area contributed by atoms with E-state index in [1.165, 1.54) is 5.56 Å². The summed E-state index contributed by atoms with van der Waals surface area (Å²) >= 11 is 5.38. The van der Waals surface area contributed by atoms with Crippen LogP contribution in [0.5, 0.6) is 0 Å². The summed E-state index contributed by atoms with van der Waals surface area (Å²) in [6.45, 7) is 6.51. The van der Waals surface area contributed by atoms with E-state index in [0.717, 1.165) is 25.7 Å². The number of hydrogen-bond acceptors (Lipinski definition) is 1. The molecule has 24 heavy (non-hydrogen) atoms. The molecule has 2 aliphatic carbocycles. The SMILES string of the molecule is CC1CC2(c3ccccc3)CC(CC(C)(C=S)C2)C1(C)CC(F)F. The first-order valence-corrected chi connectivity index (χ1v) is 9.50. The lowest BCUT2D eigenvalue weighted by atomic mass is 9.43. The zero-order valence-electron chi connectivity index (χ0n) is 14.9. The zero-order chi connectivity index (χ0) is 17.6. The van der Waals surface area contributed by atoms with Gasteiger partial charge in [0.1, 0.15) is 0 Å². The van der Waals surface area contributed by atoms with Crippen molar-refractivity contribution in [1.29, 1.82) is 0 Å². The number of benzene rings is 1. The first-order chi connectivity index (χ1) is 11.2. The van der Waals surface area contributed by atoms with Crippen LogP contribution in [0.1, 0.15) is 58.4 Å². The Hall–Kier alpha value is -0.830. The van der Waals surface area contributed by atoms with Gasteiger partial charge < -0.3 is 0 Å². The molecular weight excluding hydrogens is 322 g/mol. The van der Waals surface area contributed by atoms with Crippen LogP contribution in [0.3, 0.4) is 0 Å². The Kier molecular flexibility index (Phi) is 4.61. The molecule has 0 radical (unpaired) electrons. The van der Waals surface area contributed by atoms with Crippen LogP contribution in [0.4, 0.5) is 8.78 Å².